The third-order valence-corrected chi connectivity index (χ3v) is 6.39. The van der Waals surface area contributed by atoms with Crippen LogP contribution in [-0.2, 0) is 20.7 Å². The molecule has 2 aliphatic heterocycles. The van der Waals surface area contributed by atoms with Crippen molar-refractivity contribution in [2.24, 2.45) is 0 Å². The molecule has 6 nitrogen and oxygen atoms in total. The number of hydrogen-bond acceptors (Lipinski definition) is 5. The minimum Gasteiger partial charge on any atom is -0.496 e. The first-order valence-corrected chi connectivity index (χ1v) is 11.6. The van der Waals surface area contributed by atoms with Crippen molar-refractivity contribution in [2.75, 3.05) is 53.1 Å². The Morgan fingerprint density at radius 3 is 2.75 bits per heavy atom. The van der Waals surface area contributed by atoms with Gasteiger partial charge in [-0.3, -0.25) is 9.69 Å². The Morgan fingerprint density at radius 1 is 1.12 bits per heavy atom. The largest absolute Gasteiger partial charge is 0.496 e. The van der Waals surface area contributed by atoms with Gasteiger partial charge < -0.3 is 19.5 Å². The Bertz CT molecular complexity index is 889. The predicted octanol–water partition coefficient (Wildman–Crippen LogP) is 3.29. The average Bonchev–Trinajstić information content (AvgIpc) is 3.32. The smallest absolute Gasteiger partial charge is 0.252 e. The topological polar surface area (TPSA) is 60.0 Å². The van der Waals surface area contributed by atoms with Gasteiger partial charge in [0, 0.05) is 38.2 Å². The number of hydrogen-bond donors (Lipinski definition) is 1. The van der Waals surface area contributed by atoms with Crippen molar-refractivity contribution in [3.05, 3.63) is 54.1 Å². The van der Waals surface area contributed by atoms with E-state index in [1.54, 1.807) is 7.11 Å². The van der Waals surface area contributed by atoms with Crippen LogP contribution in [0.5, 0.6) is 5.75 Å². The number of morpholine rings is 1. The summed E-state index contributed by atoms with van der Waals surface area (Å²) < 4.78 is 17.0. The van der Waals surface area contributed by atoms with Crippen LogP contribution in [0.2, 0.25) is 0 Å². The molecule has 0 spiro atoms. The summed E-state index contributed by atoms with van der Waals surface area (Å²) >= 11 is 0. The number of para-hydroxylation sites is 1. The van der Waals surface area contributed by atoms with Crippen LogP contribution in [0.4, 0.5) is 0 Å². The van der Waals surface area contributed by atoms with E-state index in [2.05, 4.69) is 34.5 Å². The molecule has 1 atom stereocenters. The fourth-order valence-corrected chi connectivity index (χ4v) is 4.65. The van der Waals surface area contributed by atoms with Gasteiger partial charge >= 0.3 is 0 Å². The summed E-state index contributed by atoms with van der Waals surface area (Å²) in [5, 5.41) is 3.15. The second kappa shape index (κ2) is 10.9. The van der Waals surface area contributed by atoms with Crippen LogP contribution in [0.25, 0.3) is 11.1 Å². The lowest BCUT2D eigenvalue weighted by Crippen LogP contribution is -2.48. The Balaban J connectivity index is 1.39. The number of rotatable bonds is 9. The van der Waals surface area contributed by atoms with Gasteiger partial charge in [0.2, 0.25) is 0 Å². The lowest BCUT2D eigenvalue weighted by atomic mass is 9.89. The first-order valence-electron chi connectivity index (χ1n) is 11.6. The van der Waals surface area contributed by atoms with E-state index in [4.69, 9.17) is 14.2 Å². The Hall–Kier alpha value is -2.41. The van der Waals surface area contributed by atoms with E-state index in [-0.39, 0.29) is 5.91 Å². The molecule has 6 heteroatoms. The van der Waals surface area contributed by atoms with E-state index in [0.29, 0.717) is 19.6 Å². The molecule has 2 saturated heterocycles. The lowest BCUT2D eigenvalue weighted by molar-refractivity contribution is -0.141. The van der Waals surface area contributed by atoms with Crippen LogP contribution in [-0.4, -0.2) is 69.5 Å². The first-order chi connectivity index (χ1) is 15.7. The molecule has 0 unspecified atom stereocenters. The maximum atomic E-state index is 13.2. The standard InChI is InChI=1S/C26H34N2O4/c1-30-24-10-3-2-9-23(24)22-8-4-7-21(19-22)20-26(11-5-16-32-26)25(29)27-12-6-13-28-14-17-31-18-15-28/h2-4,7-10,19H,5-6,11-18,20H2,1H3,(H,27,29)/t26-/m0/s1. The number of ether oxygens (including phenoxy) is 3. The van der Waals surface area contributed by atoms with Gasteiger partial charge in [0.15, 0.2) is 5.60 Å². The monoisotopic (exact) mass is 438 g/mol. The molecule has 2 aromatic carbocycles. The second-order valence-electron chi connectivity index (χ2n) is 8.59. The molecule has 2 aliphatic rings. The van der Waals surface area contributed by atoms with Crippen molar-refractivity contribution in [1.29, 1.82) is 0 Å². The van der Waals surface area contributed by atoms with Crippen molar-refractivity contribution in [3.8, 4) is 16.9 Å². The number of methoxy groups -OCH3 is 1. The normalized spacial score (nSPS) is 21.4. The number of carbonyl (C=O) groups excluding carboxylic acids is 1. The molecule has 32 heavy (non-hydrogen) atoms. The summed E-state index contributed by atoms with van der Waals surface area (Å²) in [5.74, 6) is 0.856. The van der Waals surface area contributed by atoms with Crippen molar-refractivity contribution >= 4 is 5.91 Å². The van der Waals surface area contributed by atoms with E-state index >= 15 is 0 Å². The maximum absolute atomic E-state index is 13.2. The molecule has 4 rings (SSSR count). The van der Waals surface area contributed by atoms with Gasteiger partial charge in [0.1, 0.15) is 5.75 Å². The van der Waals surface area contributed by atoms with Gasteiger partial charge in [-0.2, -0.15) is 0 Å². The Kier molecular flexibility index (Phi) is 7.79. The molecule has 0 saturated carbocycles. The number of amides is 1. The predicted molar refractivity (Wildman–Crippen MR) is 125 cm³/mol. The van der Waals surface area contributed by atoms with Gasteiger partial charge in [-0.15, -0.1) is 0 Å². The van der Waals surface area contributed by atoms with Crippen LogP contribution in [0.1, 0.15) is 24.8 Å². The van der Waals surface area contributed by atoms with Crippen molar-refractivity contribution in [1.82, 2.24) is 10.2 Å². The first kappa shape index (κ1) is 22.8. The number of nitrogens with one attached hydrogen (secondary N) is 1. The molecule has 2 fully saturated rings. The number of nitrogens with zero attached hydrogens (tertiary/aromatic N) is 1. The SMILES string of the molecule is COc1ccccc1-c1cccc(C[C@]2(C(=O)NCCCN3CCOCC3)CCCO2)c1. The van der Waals surface area contributed by atoms with Gasteiger partial charge in [-0.1, -0.05) is 42.5 Å². The molecule has 0 aliphatic carbocycles. The summed E-state index contributed by atoms with van der Waals surface area (Å²) in [7, 11) is 1.69. The fourth-order valence-electron chi connectivity index (χ4n) is 4.65. The molecule has 1 amide bonds. The van der Waals surface area contributed by atoms with Gasteiger partial charge in [0.05, 0.1) is 20.3 Å². The molecular weight excluding hydrogens is 404 g/mol. The van der Waals surface area contributed by atoms with Gasteiger partial charge in [-0.25, -0.2) is 0 Å². The zero-order valence-electron chi connectivity index (χ0n) is 19.0. The lowest BCUT2D eigenvalue weighted by Gasteiger charge is -2.28. The molecule has 172 valence electrons. The van der Waals surface area contributed by atoms with E-state index in [1.165, 1.54) is 0 Å². The maximum Gasteiger partial charge on any atom is 0.252 e. The molecular formula is C26H34N2O4. The average molecular weight is 439 g/mol. The molecule has 0 bridgehead atoms. The van der Waals surface area contributed by atoms with E-state index in [1.807, 2.05) is 24.3 Å². The van der Waals surface area contributed by atoms with Gasteiger partial charge in [-0.05, 0) is 43.0 Å². The highest BCUT2D eigenvalue weighted by atomic mass is 16.5. The van der Waals surface area contributed by atoms with Crippen molar-refractivity contribution < 1.29 is 19.0 Å². The third-order valence-electron chi connectivity index (χ3n) is 6.39. The molecule has 0 radical (unpaired) electrons. The molecule has 2 heterocycles. The van der Waals surface area contributed by atoms with Crippen LogP contribution < -0.4 is 10.1 Å². The quantitative estimate of drug-likeness (QED) is 0.609. The van der Waals surface area contributed by atoms with E-state index < -0.39 is 5.60 Å². The van der Waals surface area contributed by atoms with E-state index in [9.17, 15) is 4.79 Å². The second-order valence-corrected chi connectivity index (χ2v) is 8.59. The Morgan fingerprint density at radius 2 is 1.97 bits per heavy atom. The Labute approximate surface area is 190 Å². The highest BCUT2D eigenvalue weighted by molar-refractivity contribution is 5.86. The zero-order chi connectivity index (χ0) is 22.2. The van der Waals surface area contributed by atoms with Crippen LogP contribution >= 0.6 is 0 Å². The highest BCUT2D eigenvalue weighted by Gasteiger charge is 2.42. The van der Waals surface area contributed by atoms with Gasteiger partial charge in [0.25, 0.3) is 5.91 Å². The third kappa shape index (κ3) is 5.49. The summed E-state index contributed by atoms with van der Waals surface area (Å²) in [5.41, 5.74) is 2.45. The highest BCUT2D eigenvalue weighted by Crippen LogP contribution is 2.33. The summed E-state index contributed by atoms with van der Waals surface area (Å²) in [6.45, 7) is 5.84. The number of benzene rings is 2. The van der Waals surface area contributed by atoms with E-state index in [0.717, 1.165) is 74.6 Å². The minimum absolute atomic E-state index is 0.0136. The molecule has 1 N–H and O–H groups in total. The van der Waals surface area contributed by atoms with Crippen LogP contribution in [0.3, 0.4) is 0 Å². The number of carbonyl (C=O) groups is 1. The van der Waals surface area contributed by atoms with Crippen LogP contribution in [0, 0.1) is 0 Å². The molecule has 2 aromatic rings. The summed E-state index contributed by atoms with van der Waals surface area (Å²) in [6.07, 6.45) is 3.17. The molecule has 0 aromatic heterocycles. The van der Waals surface area contributed by atoms with Crippen LogP contribution in [0.15, 0.2) is 48.5 Å². The zero-order valence-corrected chi connectivity index (χ0v) is 19.0. The summed E-state index contributed by atoms with van der Waals surface area (Å²) in [4.78, 5) is 15.6. The minimum atomic E-state index is -0.779. The summed E-state index contributed by atoms with van der Waals surface area (Å²) in [6, 6.07) is 16.3. The van der Waals surface area contributed by atoms with Crippen molar-refractivity contribution in [3.63, 3.8) is 0 Å². The van der Waals surface area contributed by atoms with Crippen molar-refractivity contribution in [2.45, 2.75) is 31.3 Å². The fraction of sp³-hybridized carbons (Fsp3) is 0.500.